The van der Waals surface area contributed by atoms with Crippen LogP contribution >= 0.6 is 0 Å². The van der Waals surface area contributed by atoms with Crippen LogP contribution in [0, 0.1) is 12.7 Å². The summed E-state index contributed by atoms with van der Waals surface area (Å²) < 4.78 is 14.6. The van der Waals surface area contributed by atoms with Crippen LogP contribution in [0.3, 0.4) is 0 Å². The molecule has 1 heterocycles. The lowest BCUT2D eigenvalue weighted by atomic mass is 10.0. The third kappa shape index (κ3) is 5.44. The summed E-state index contributed by atoms with van der Waals surface area (Å²) in [5.41, 5.74) is 4.32. The van der Waals surface area contributed by atoms with Gasteiger partial charge in [0.2, 0.25) is 0 Å². The first-order chi connectivity index (χ1) is 18.4. The number of carbonyl (C=O) groups is 2. The molecule has 3 N–H and O–H groups in total. The Morgan fingerprint density at radius 1 is 1.03 bits per heavy atom. The van der Waals surface area contributed by atoms with Gasteiger partial charge in [0.25, 0.3) is 5.91 Å². The number of benzene rings is 3. The number of aromatic hydroxyl groups is 1. The quantitative estimate of drug-likeness (QED) is 0.262. The summed E-state index contributed by atoms with van der Waals surface area (Å²) >= 11 is 0. The fraction of sp³-hybridized carbons (Fsp3) is 0.233. The van der Waals surface area contributed by atoms with Crippen molar-refractivity contribution >= 4 is 17.6 Å². The van der Waals surface area contributed by atoms with Gasteiger partial charge in [-0.3, -0.25) is 4.79 Å². The van der Waals surface area contributed by atoms with Crippen LogP contribution in [0.1, 0.15) is 58.8 Å². The van der Waals surface area contributed by atoms with Gasteiger partial charge in [-0.15, -0.1) is 0 Å². The first-order valence-corrected chi connectivity index (χ1v) is 12.7. The van der Waals surface area contributed by atoms with Gasteiger partial charge < -0.3 is 15.7 Å². The van der Waals surface area contributed by atoms with E-state index >= 15 is 0 Å². The summed E-state index contributed by atoms with van der Waals surface area (Å²) in [7, 11) is 0. The number of hydrogen-bond donors (Lipinski definition) is 3. The van der Waals surface area contributed by atoms with Crippen LogP contribution in [0.4, 0.5) is 14.9 Å². The first-order valence-electron chi connectivity index (χ1n) is 12.7. The molecule has 0 radical (unpaired) electrons. The molecule has 0 saturated heterocycles. The molecule has 1 saturated carbocycles. The van der Waals surface area contributed by atoms with Crippen LogP contribution in [-0.2, 0) is 6.54 Å². The van der Waals surface area contributed by atoms with Crippen molar-refractivity contribution in [3.63, 3.8) is 0 Å². The van der Waals surface area contributed by atoms with Crippen molar-refractivity contribution < 1.29 is 19.1 Å². The number of amides is 2. The van der Waals surface area contributed by atoms with E-state index in [1.165, 1.54) is 22.9 Å². The molecular weight excluding hydrogens is 483 g/mol. The molecule has 1 fully saturated rings. The summed E-state index contributed by atoms with van der Waals surface area (Å²) in [5, 5.41) is 21.0. The largest absolute Gasteiger partial charge is 0.507 e. The minimum Gasteiger partial charge on any atom is -0.507 e. The standard InChI is InChI=1S/C30H29FN4O3/c1-19-6-2-5-9-24(19)29(37)33-23-14-15-28(36)25(16-23)26-17-27(21-7-3-4-8-21)35(34-26)30(38)32-18-20-10-12-22(31)13-11-20/h2,5-6,9-17,21,36H,3-4,7-8,18H2,1H3,(H,32,38)(H,33,37). The second-order valence-corrected chi connectivity index (χ2v) is 9.63. The van der Waals surface area contributed by atoms with Crippen LogP contribution < -0.4 is 10.6 Å². The molecular formula is C30H29FN4O3. The average Bonchev–Trinajstić information content (AvgIpc) is 3.60. The van der Waals surface area contributed by atoms with Crippen molar-refractivity contribution in [3.05, 3.63) is 101 Å². The van der Waals surface area contributed by atoms with Gasteiger partial charge >= 0.3 is 6.03 Å². The third-order valence-corrected chi connectivity index (χ3v) is 6.98. The van der Waals surface area contributed by atoms with E-state index in [9.17, 15) is 19.1 Å². The maximum Gasteiger partial charge on any atom is 0.342 e. The first kappa shape index (κ1) is 25.2. The van der Waals surface area contributed by atoms with E-state index in [0.29, 0.717) is 22.5 Å². The molecule has 0 atom stereocenters. The van der Waals surface area contributed by atoms with Gasteiger partial charge in [-0.2, -0.15) is 9.78 Å². The Morgan fingerprint density at radius 3 is 2.50 bits per heavy atom. The SMILES string of the molecule is Cc1ccccc1C(=O)Nc1ccc(O)c(-c2cc(C3CCCC3)n(C(=O)NCc3ccc(F)cc3)n2)c1. The molecule has 8 heteroatoms. The topological polar surface area (TPSA) is 96.2 Å². The fourth-order valence-corrected chi connectivity index (χ4v) is 4.90. The van der Waals surface area contributed by atoms with Gasteiger partial charge in [0.1, 0.15) is 11.6 Å². The number of carbonyl (C=O) groups excluding carboxylic acids is 2. The third-order valence-electron chi connectivity index (χ3n) is 6.98. The fourth-order valence-electron chi connectivity index (χ4n) is 4.90. The van der Waals surface area contributed by atoms with Gasteiger partial charge in [-0.25, -0.2) is 9.18 Å². The lowest BCUT2D eigenvalue weighted by molar-refractivity contribution is 0.102. The number of halogens is 1. The number of nitrogens with zero attached hydrogens (tertiary/aromatic N) is 2. The zero-order valence-corrected chi connectivity index (χ0v) is 21.1. The Hall–Kier alpha value is -4.46. The number of phenols is 1. The zero-order valence-electron chi connectivity index (χ0n) is 21.1. The van der Waals surface area contributed by atoms with Crippen LogP contribution in [0.15, 0.2) is 72.8 Å². The minimum absolute atomic E-state index is 0.00627. The number of phenolic OH excluding ortho intramolecular Hbond substituents is 1. The molecule has 2 amide bonds. The number of nitrogens with one attached hydrogen (secondary N) is 2. The highest BCUT2D eigenvalue weighted by molar-refractivity contribution is 6.05. The van der Waals surface area contributed by atoms with Crippen LogP contribution in [0.25, 0.3) is 11.3 Å². The minimum atomic E-state index is -0.397. The van der Waals surface area contributed by atoms with Crippen molar-refractivity contribution in [3.8, 4) is 17.0 Å². The molecule has 194 valence electrons. The number of hydrogen-bond acceptors (Lipinski definition) is 4. The van der Waals surface area contributed by atoms with E-state index in [0.717, 1.165) is 42.5 Å². The Kier molecular flexibility index (Phi) is 7.22. The molecule has 0 aliphatic heterocycles. The van der Waals surface area contributed by atoms with Gasteiger partial charge in [0.05, 0.1) is 11.4 Å². The highest BCUT2D eigenvalue weighted by Gasteiger charge is 2.26. The molecule has 0 unspecified atom stereocenters. The molecule has 3 aromatic carbocycles. The molecule has 1 aromatic heterocycles. The van der Waals surface area contributed by atoms with Crippen molar-refractivity contribution in [1.82, 2.24) is 15.1 Å². The zero-order chi connectivity index (χ0) is 26.6. The number of aromatic nitrogens is 2. The van der Waals surface area contributed by atoms with Crippen molar-refractivity contribution in [2.24, 2.45) is 0 Å². The molecule has 0 spiro atoms. The lowest BCUT2D eigenvalue weighted by Crippen LogP contribution is -2.30. The second-order valence-electron chi connectivity index (χ2n) is 9.63. The maximum absolute atomic E-state index is 13.2. The number of rotatable bonds is 6. The van der Waals surface area contributed by atoms with Gasteiger partial charge in [-0.1, -0.05) is 43.2 Å². The predicted molar refractivity (Wildman–Crippen MR) is 144 cm³/mol. The highest BCUT2D eigenvalue weighted by Crippen LogP contribution is 2.38. The van der Waals surface area contributed by atoms with Crippen LogP contribution in [0.2, 0.25) is 0 Å². The summed E-state index contributed by atoms with van der Waals surface area (Å²) in [6.07, 6.45) is 4.06. The average molecular weight is 513 g/mol. The number of anilines is 1. The molecule has 1 aliphatic carbocycles. The lowest BCUT2D eigenvalue weighted by Gasteiger charge is -2.12. The highest BCUT2D eigenvalue weighted by atomic mass is 19.1. The van der Waals surface area contributed by atoms with Gasteiger partial charge in [0.15, 0.2) is 0 Å². The van der Waals surface area contributed by atoms with E-state index in [-0.39, 0.29) is 29.9 Å². The monoisotopic (exact) mass is 512 g/mol. The van der Waals surface area contributed by atoms with Crippen molar-refractivity contribution in [1.29, 1.82) is 0 Å². The summed E-state index contributed by atoms with van der Waals surface area (Å²) in [5.74, 6) is -0.415. The van der Waals surface area contributed by atoms with E-state index in [2.05, 4.69) is 15.7 Å². The van der Waals surface area contributed by atoms with E-state index < -0.39 is 6.03 Å². The summed E-state index contributed by atoms with van der Waals surface area (Å²) in [6, 6.07) is 19.5. The normalized spacial score (nSPS) is 13.4. The Bertz CT molecular complexity index is 1470. The summed E-state index contributed by atoms with van der Waals surface area (Å²) in [6.45, 7) is 2.10. The molecule has 7 nitrogen and oxygen atoms in total. The Balaban J connectivity index is 1.42. The van der Waals surface area contributed by atoms with Crippen LogP contribution in [-0.4, -0.2) is 26.8 Å². The second kappa shape index (κ2) is 10.9. The number of aryl methyl sites for hydroxylation is 1. The Labute approximate surface area is 220 Å². The molecule has 0 bridgehead atoms. The molecule has 38 heavy (non-hydrogen) atoms. The maximum atomic E-state index is 13.2. The smallest absolute Gasteiger partial charge is 0.342 e. The summed E-state index contributed by atoms with van der Waals surface area (Å²) in [4.78, 5) is 26.0. The van der Waals surface area contributed by atoms with Gasteiger partial charge in [-0.05, 0) is 73.4 Å². The predicted octanol–water partition coefficient (Wildman–Crippen LogP) is 6.37. The van der Waals surface area contributed by atoms with E-state index in [1.54, 1.807) is 30.3 Å². The van der Waals surface area contributed by atoms with Crippen molar-refractivity contribution in [2.75, 3.05) is 5.32 Å². The van der Waals surface area contributed by atoms with Gasteiger partial charge in [0, 0.05) is 29.3 Å². The van der Waals surface area contributed by atoms with E-state index in [1.807, 2.05) is 31.2 Å². The Morgan fingerprint density at radius 2 is 1.76 bits per heavy atom. The molecule has 5 rings (SSSR count). The van der Waals surface area contributed by atoms with E-state index in [4.69, 9.17) is 0 Å². The van der Waals surface area contributed by atoms with Crippen molar-refractivity contribution in [2.45, 2.75) is 45.1 Å². The molecule has 4 aromatic rings. The molecule has 1 aliphatic rings. The van der Waals surface area contributed by atoms with Crippen LogP contribution in [0.5, 0.6) is 5.75 Å².